The van der Waals surface area contributed by atoms with Gasteiger partial charge in [-0.05, 0) is 59.8 Å². The van der Waals surface area contributed by atoms with Crippen LogP contribution in [0.25, 0.3) is 0 Å². The summed E-state index contributed by atoms with van der Waals surface area (Å²) in [6.45, 7) is 2.06. The summed E-state index contributed by atoms with van der Waals surface area (Å²) in [4.78, 5) is 12.2. The quantitative estimate of drug-likeness (QED) is 0.881. The van der Waals surface area contributed by atoms with Crippen molar-refractivity contribution in [2.75, 3.05) is 0 Å². The third kappa shape index (κ3) is 3.78. The Labute approximate surface area is 121 Å². The van der Waals surface area contributed by atoms with E-state index in [1.54, 1.807) is 0 Å². The third-order valence-corrected chi connectivity index (χ3v) is 4.55. The van der Waals surface area contributed by atoms with E-state index in [-0.39, 0.29) is 17.8 Å². The third-order valence-electron chi connectivity index (χ3n) is 3.89. The molecule has 1 N–H and O–H groups in total. The first kappa shape index (κ1) is 14.5. The van der Waals surface area contributed by atoms with Crippen LogP contribution < -0.4 is 5.32 Å². The van der Waals surface area contributed by atoms with E-state index in [0.717, 1.165) is 0 Å². The molecule has 0 aliphatic heterocycles. The van der Waals surface area contributed by atoms with E-state index in [1.807, 2.05) is 0 Å². The number of benzene rings is 1. The Hall–Kier alpha value is -0.900. The molecule has 1 amide bonds. The molecule has 1 unspecified atom stereocenters. The van der Waals surface area contributed by atoms with Crippen molar-refractivity contribution >= 4 is 21.8 Å². The molecule has 1 fully saturated rings. The molecule has 4 heteroatoms. The maximum Gasteiger partial charge on any atom is 0.252 e. The molecule has 0 radical (unpaired) electrons. The van der Waals surface area contributed by atoms with Crippen molar-refractivity contribution in [2.45, 2.75) is 45.1 Å². The normalized spacial score (nSPS) is 18.1. The highest BCUT2D eigenvalue weighted by Gasteiger charge is 2.22. The largest absolute Gasteiger partial charge is 0.349 e. The summed E-state index contributed by atoms with van der Waals surface area (Å²) in [7, 11) is 0. The minimum absolute atomic E-state index is 0.134. The molecule has 19 heavy (non-hydrogen) atoms. The van der Waals surface area contributed by atoms with E-state index in [2.05, 4.69) is 28.2 Å². The van der Waals surface area contributed by atoms with Crippen molar-refractivity contribution in [3.05, 3.63) is 34.1 Å². The number of hydrogen-bond donors (Lipinski definition) is 1. The van der Waals surface area contributed by atoms with Gasteiger partial charge < -0.3 is 5.32 Å². The molecule has 1 aromatic rings. The molecule has 0 bridgehead atoms. The average molecular weight is 328 g/mol. The molecular formula is C15H19BrFNO. The summed E-state index contributed by atoms with van der Waals surface area (Å²) in [6.07, 6.45) is 6.19. The first-order chi connectivity index (χ1) is 9.08. The van der Waals surface area contributed by atoms with Gasteiger partial charge >= 0.3 is 0 Å². The molecule has 0 spiro atoms. The highest BCUT2D eigenvalue weighted by Crippen LogP contribution is 2.26. The molecule has 1 atom stereocenters. The minimum atomic E-state index is -0.344. The zero-order valence-corrected chi connectivity index (χ0v) is 12.7. The molecule has 0 heterocycles. The summed E-state index contributed by atoms with van der Waals surface area (Å²) >= 11 is 3.23. The SMILES string of the molecule is CC(NC(=O)c1ccc(F)cc1Br)C1CCCCC1. The molecule has 2 nitrogen and oxygen atoms in total. The number of carbonyl (C=O) groups excluding carboxylic acids is 1. The Bertz CT molecular complexity index is 457. The van der Waals surface area contributed by atoms with E-state index in [1.165, 1.54) is 50.3 Å². The van der Waals surface area contributed by atoms with Crippen molar-refractivity contribution in [1.82, 2.24) is 5.32 Å². The van der Waals surface area contributed by atoms with Gasteiger partial charge in [-0.2, -0.15) is 0 Å². The van der Waals surface area contributed by atoms with Crippen molar-refractivity contribution in [3.63, 3.8) is 0 Å². The number of amides is 1. The predicted molar refractivity (Wildman–Crippen MR) is 77.6 cm³/mol. The van der Waals surface area contributed by atoms with E-state index < -0.39 is 0 Å². The van der Waals surface area contributed by atoms with Gasteiger partial charge in [0.05, 0.1) is 5.56 Å². The lowest BCUT2D eigenvalue weighted by molar-refractivity contribution is 0.0918. The number of hydrogen-bond acceptors (Lipinski definition) is 1. The molecule has 1 aromatic carbocycles. The Morgan fingerprint density at radius 3 is 2.68 bits per heavy atom. The lowest BCUT2D eigenvalue weighted by Gasteiger charge is -2.28. The molecule has 1 aliphatic carbocycles. The number of carbonyl (C=O) groups is 1. The number of rotatable bonds is 3. The van der Waals surface area contributed by atoms with Gasteiger partial charge in [0.25, 0.3) is 5.91 Å². The summed E-state index contributed by atoms with van der Waals surface area (Å²) < 4.78 is 13.5. The molecule has 0 aromatic heterocycles. The fourth-order valence-corrected chi connectivity index (χ4v) is 3.24. The topological polar surface area (TPSA) is 29.1 Å². The minimum Gasteiger partial charge on any atom is -0.349 e. The standard InChI is InChI=1S/C15H19BrFNO/c1-10(11-5-3-2-4-6-11)18-15(19)13-8-7-12(17)9-14(13)16/h7-11H,2-6H2,1H3,(H,18,19). The van der Waals surface area contributed by atoms with Gasteiger partial charge in [-0.1, -0.05) is 19.3 Å². The highest BCUT2D eigenvalue weighted by molar-refractivity contribution is 9.10. The van der Waals surface area contributed by atoms with Crippen molar-refractivity contribution < 1.29 is 9.18 Å². The maximum atomic E-state index is 13.0. The van der Waals surface area contributed by atoms with Crippen molar-refractivity contribution in [3.8, 4) is 0 Å². The van der Waals surface area contributed by atoms with Crippen LogP contribution in [-0.4, -0.2) is 11.9 Å². The van der Waals surface area contributed by atoms with Crippen LogP contribution in [0.5, 0.6) is 0 Å². The van der Waals surface area contributed by atoms with Crippen LogP contribution in [0, 0.1) is 11.7 Å². The summed E-state index contributed by atoms with van der Waals surface area (Å²) in [5, 5.41) is 3.03. The molecule has 104 valence electrons. The van der Waals surface area contributed by atoms with Gasteiger partial charge in [0.15, 0.2) is 0 Å². The van der Waals surface area contributed by atoms with Gasteiger partial charge in [-0.25, -0.2) is 4.39 Å². The zero-order valence-electron chi connectivity index (χ0n) is 11.1. The van der Waals surface area contributed by atoms with Crippen molar-refractivity contribution in [1.29, 1.82) is 0 Å². The van der Waals surface area contributed by atoms with E-state index >= 15 is 0 Å². The number of halogens is 2. The summed E-state index contributed by atoms with van der Waals surface area (Å²) in [5.41, 5.74) is 0.490. The fraction of sp³-hybridized carbons (Fsp3) is 0.533. The van der Waals surface area contributed by atoms with Crippen molar-refractivity contribution in [2.24, 2.45) is 5.92 Å². The van der Waals surface area contributed by atoms with Gasteiger partial charge in [-0.3, -0.25) is 4.79 Å². The maximum absolute atomic E-state index is 13.0. The smallest absolute Gasteiger partial charge is 0.252 e. The molecular weight excluding hydrogens is 309 g/mol. The Kier molecular flexibility index (Phi) is 4.97. The average Bonchev–Trinajstić information content (AvgIpc) is 2.39. The predicted octanol–water partition coefficient (Wildman–Crippen LogP) is 4.29. The summed E-state index contributed by atoms with van der Waals surface area (Å²) in [5.74, 6) is 0.0885. The summed E-state index contributed by atoms with van der Waals surface area (Å²) in [6, 6.07) is 4.32. The van der Waals surface area contributed by atoms with Crippen LogP contribution in [0.4, 0.5) is 4.39 Å². The van der Waals surface area contributed by atoms with Gasteiger partial charge in [-0.15, -0.1) is 0 Å². The highest BCUT2D eigenvalue weighted by atomic mass is 79.9. The molecule has 1 saturated carbocycles. The van der Waals surface area contributed by atoms with E-state index in [0.29, 0.717) is 16.0 Å². The van der Waals surface area contributed by atoms with Crippen LogP contribution in [-0.2, 0) is 0 Å². The van der Waals surface area contributed by atoms with Crippen LogP contribution in [0.1, 0.15) is 49.4 Å². The Morgan fingerprint density at radius 1 is 1.37 bits per heavy atom. The Balaban J connectivity index is 1.99. The second-order valence-corrected chi connectivity index (χ2v) is 6.14. The Morgan fingerprint density at radius 2 is 2.05 bits per heavy atom. The monoisotopic (exact) mass is 327 g/mol. The van der Waals surface area contributed by atoms with Gasteiger partial charge in [0.2, 0.25) is 0 Å². The second-order valence-electron chi connectivity index (χ2n) is 5.28. The zero-order chi connectivity index (χ0) is 13.8. The fourth-order valence-electron chi connectivity index (χ4n) is 2.71. The molecule has 0 saturated heterocycles. The lowest BCUT2D eigenvalue weighted by atomic mass is 9.84. The number of nitrogens with one attached hydrogen (secondary N) is 1. The first-order valence-electron chi connectivity index (χ1n) is 6.84. The van der Waals surface area contributed by atoms with Crippen LogP contribution >= 0.6 is 15.9 Å². The molecule has 2 rings (SSSR count). The van der Waals surface area contributed by atoms with E-state index in [4.69, 9.17) is 0 Å². The van der Waals surface area contributed by atoms with E-state index in [9.17, 15) is 9.18 Å². The molecule has 1 aliphatic rings. The van der Waals surface area contributed by atoms with Crippen LogP contribution in [0.2, 0.25) is 0 Å². The van der Waals surface area contributed by atoms with Crippen LogP contribution in [0.15, 0.2) is 22.7 Å². The lowest BCUT2D eigenvalue weighted by Crippen LogP contribution is -2.39. The van der Waals surface area contributed by atoms with Crippen LogP contribution in [0.3, 0.4) is 0 Å². The second kappa shape index (κ2) is 6.51. The first-order valence-corrected chi connectivity index (χ1v) is 7.63. The van der Waals surface area contributed by atoms with Gasteiger partial charge in [0, 0.05) is 10.5 Å². The van der Waals surface area contributed by atoms with Gasteiger partial charge in [0.1, 0.15) is 5.82 Å².